The van der Waals surface area contributed by atoms with Crippen LogP contribution in [0, 0.1) is 0 Å². The first-order chi connectivity index (χ1) is 11.9. The molecule has 2 aliphatic rings. The molecule has 5 heteroatoms. The van der Waals surface area contributed by atoms with Crippen molar-refractivity contribution >= 4 is 27.0 Å². The number of sulfone groups is 1. The van der Waals surface area contributed by atoms with Crippen LogP contribution in [0.3, 0.4) is 0 Å². The lowest BCUT2D eigenvalue weighted by atomic mass is 9.71. The number of carbonyl (C=O) groups excluding carboxylic acids is 1. The third-order valence-electron chi connectivity index (χ3n) is 4.99. The predicted octanol–water partition coefficient (Wildman–Crippen LogP) is 3.48. The van der Waals surface area contributed by atoms with Gasteiger partial charge in [0, 0.05) is 11.8 Å². The van der Waals surface area contributed by atoms with Gasteiger partial charge in [0.1, 0.15) is 5.60 Å². The lowest BCUT2D eigenvalue weighted by Gasteiger charge is -2.39. The second kappa shape index (κ2) is 5.56. The molecule has 0 unspecified atom stereocenters. The Morgan fingerprint density at radius 1 is 0.920 bits per heavy atom. The van der Waals surface area contributed by atoms with Crippen molar-refractivity contribution in [3.63, 3.8) is 0 Å². The molecule has 0 aromatic heterocycles. The molecule has 4 rings (SSSR count). The van der Waals surface area contributed by atoms with Gasteiger partial charge in [-0.05, 0) is 42.5 Å². The van der Waals surface area contributed by atoms with Crippen LogP contribution in [0.1, 0.15) is 30.4 Å². The monoisotopic (exact) mass is 354 g/mol. The molecule has 0 radical (unpaired) electrons. The summed E-state index contributed by atoms with van der Waals surface area (Å²) in [7, 11) is -3.25. The first kappa shape index (κ1) is 16.1. The summed E-state index contributed by atoms with van der Waals surface area (Å²) in [6.07, 6.45) is 3.81. The average Bonchev–Trinajstić information content (AvgIpc) is 2.88. The molecule has 25 heavy (non-hydrogen) atoms. The molecule has 128 valence electrons. The van der Waals surface area contributed by atoms with Crippen molar-refractivity contribution < 1.29 is 17.9 Å². The van der Waals surface area contributed by atoms with Gasteiger partial charge in [-0.15, -0.1) is 0 Å². The Morgan fingerprint density at radius 2 is 1.56 bits per heavy atom. The topological polar surface area (TPSA) is 60.4 Å². The molecular formula is C20H18O4S. The fourth-order valence-corrected chi connectivity index (χ4v) is 4.23. The van der Waals surface area contributed by atoms with Crippen LogP contribution in [0.4, 0.5) is 0 Å². The molecule has 0 bridgehead atoms. The molecule has 4 nitrogen and oxygen atoms in total. The first-order valence-electron chi connectivity index (χ1n) is 8.25. The highest BCUT2D eigenvalue weighted by molar-refractivity contribution is 7.90. The minimum absolute atomic E-state index is 0.269. The normalized spacial score (nSPS) is 19.0. The quantitative estimate of drug-likeness (QED) is 0.792. The van der Waals surface area contributed by atoms with Crippen LogP contribution in [0.25, 0.3) is 11.1 Å². The van der Waals surface area contributed by atoms with E-state index in [0.29, 0.717) is 5.57 Å². The largest absolute Gasteiger partial charge is 0.451 e. The Bertz CT molecular complexity index is 966. The maximum absolute atomic E-state index is 12.6. The molecule has 0 N–H and O–H groups in total. The van der Waals surface area contributed by atoms with Gasteiger partial charge < -0.3 is 4.74 Å². The lowest BCUT2D eigenvalue weighted by Crippen LogP contribution is -2.38. The zero-order valence-corrected chi connectivity index (χ0v) is 14.7. The van der Waals surface area contributed by atoms with E-state index in [9.17, 15) is 13.2 Å². The Kier molecular flexibility index (Phi) is 3.58. The molecule has 2 aromatic carbocycles. The highest BCUT2D eigenvalue weighted by atomic mass is 32.2. The summed E-state index contributed by atoms with van der Waals surface area (Å²) in [5, 5.41) is 0. The van der Waals surface area contributed by atoms with Gasteiger partial charge in [-0.25, -0.2) is 13.2 Å². The predicted molar refractivity (Wildman–Crippen MR) is 95.5 cm³/mol. The van der Waals surface area contributed by atoms with E-state index in [2.05, 4.69) is 0 Å². The van der Waals surface area contributed by atoms with Crippen LogP contribution in [0.15, 0.2) is 59.5 Å². The van der Waals surface area contributed by atoms with Crippen molar-refractivity contribution in [3.05, 3.63) is 65.7 Å². The Labute approximate surface area is 147 Å². The van der Waals surface area contributed by atoms with Crippen LogP contribution in [-0.2, 0) is 19.4 Å². The molecule has 0 saturated heterocycles. The molecule has 2 aromatic rings. The van der Waals surface area contributed by atoms with Crippen LogP contribution in [0.2, 0.25) is 0 Å². The second-order valence-corrected chi connectivity index (χ2v) is 8.67. The Hall–Kier alpha value is -2.40. The SMILES string of the molecule is CS(=O)(=O)c1ccc(C2=C(c3ccccc3)C(=O)OC23CCC3)cc1. The van der Waals surface area contributed by atoms with E-state index < -0.39 is 15.4 Å². The summed E-state index contributed by atoms with van der Waals surface area (Å²) in [4.78, 5) is 12.9. The summed E-state index contributed by atoms with van der Waals surface area (Å²) in [6.45, 7) is 0. The maximum Gasteiger partial charge on any atom is 0.340 e. The van der Waals surface area contributed by atoms with Crippen LogP contribution < -0.4 is 0 Å². The summed E-state index contributed by atoms with van der Waals surface area (Å²) >= 11 is 0. The standard InChI is InChI=1S/C20H18O4S/c1-25(22,23)16-10-8-15(9-11-16)18-17(14-6-3-2-4-7-14)19(21)24-20(18)12-5-13-20/h2-4,6-11H,5,12-13H2,1H3. The van der Waals surface area contributed by atoms with Gasteiger partial charge in [-0.3, -0.25) is 0 Å². The molecule has 1 aliphatic heterocycles. The summed E-state index contributed by atoms with van der Waals surface area (Å²) in [5.74, 6) is -0.298. The number of carbonyl (C=O) groups is 1. The van der Waals surface area contributed by atoms with Crippen molar-refractivity contribution in [2.75, 3.05) is 6.26 Å². The third-order valence-corrected chi connectivity index (χ3v) is 6.12. The van der Waals surface area contributed by atoms with Crippen LogP contribution in [0.5, 0.6) is 0 Å². The maximum atomic E-state index is 12.6. The molecule has 1 spiro atoms. The van der Waals surface area contributed by atoms with Gasteiger partial charge in [-0.2, -0.15) is 0 Å². The Balaban J connectivity index is 1.90. The highest BCUT2D eigenvalue weighted by Gasteiger charge is 2.52. The zero-order valence-electron chi connectivity index (χ0n) is 13.9. The van der Waals surface area contributed by atoms with Gasteiger partial charge in [0.05, 0.1) is 10.5 Å². The van der Waals surface area contributed by atoms with E-state index in [-0.39, 0.29) is 10.9 Å². The molecular weight excluding hydrogens is 336 g/mol. The Morgan fingerprint density at radius 3 is 2.08 bits per heavy atom. The van der Waals surface area contributed by atoms with E-state index >= 15 is 0 Å². The van der Waals surface area contributed by atoms with E-state index in [4.69, 9.17) is 4.74 Å². The number of hydrogen-bond acceptors (Lipinski definition) is 4. The van der Waals surface area contributed by atoms with E-state index in [1.165, 1.54) is 6.26 Å². The van der Waals surface area contributed by atoms with Crippen molar-refractivity contribution in [1.82, 2.24) is 0 Å². The third kappa shape index (κ3) is 2.59. The average molecular weight is 354 g/mol. The zero-order chi connectivity index (χ0) is 17.7. The lowest BCUT2D eigenvalue weighted by molar-refractivity contribution is -0.149. The smallest absolute Gasteiger partial charge is 0.340 e. The van der Waals surface area contributed by atoms with Crippen molar-refractivity contribution in [2.24, 2.45) is 0 Å². The van der Waals surface area contributed by atoms with Crippen LogP contribution in [-0.4, -0.2) is 26.2 Å². The van der Waals surface area contributed by atoms with Gasteiger partial charge >= 0.3 is 5.97 Å². The van der Waals surface area contributed by atoms with Crippen LogP contribution >= 0.6 is 0 Å². The molecule has 1 heterocycles. The van der Waals surface area contributed by atoms with Gasteiger partial charge in [0.25, 0.3) is 0 Å². The van der Waals surface area contributed by atoms with E-state index in [1.54, 1.807) is 24.3 Å². The number of benzene rings is 2. The summed E-state index contributed by atoms with van der Waals surface area (Å²) in [6, 6.07) is 16.2. The van der Waals surface area contributed by atoms with E-state index in [1.807, 2.05) is 30.3 Å². The van der Waals surface area contributed by atoms with Crippen molar-refractivity contribution in [3.8, 4) is 0 Å². The molecule has 0 atom stereocenters. The number of rotatable bonds is 3. The number of ether oxygens (including phenoxy) is 1. The van der Waals surface area contributed by atoms with Crippen molar-refractivity contribution in [2.45, 2.75) is 29.8 Å². The molecule has 0 amide bonds. The molecule has 1 aliphatic carbocycles. The number of esters is 1. The van der Waals surface area contributed by atoms with Gasteiger partial charge in [0.15, 0.2) is 9.84 Å². The summed E-state index contributed by atoms with van der Waals surface area (Å²) < 4.78 is 29.2. The fourth-order valence-electron chi connectivity index (χ4n) is 3.60. The molecule has 1 fully saturated rings. The minimum atomic E-state index is -3.25. The summed E-state index contributed by atoms with van der Waals surface area (Å²) in [5.41, 5.74) is 2.59. The van der Waals surface area contributed by atoms with Gasteiger partial charge in [0.2, 0.25) is 0 Å². The van der Waals surface area contributed by atoms with Crippen molar-refractivity contribution in [1.29, 1.82) is 0 Å². The molecule has 1 saturated carbocycles. The van der Waals surface area contributed by atoms with Gasteiger partial charge in [-0.1, -0.05) is 42.5 Å². The fraction of sp³-hybridized carbons (Fsp3) is 0.250. The minimum Gasteiger partial charge on any atom is -0.451 e. The first-order valence-corrected chi connectivity index (χ1v) is 10.1. The van der Waals surface area contributed by atoms with E-state index in [0.717, 1.165) is 36.0 Å². The second-order valence-electron chi connectivity index (χ2n) is 6.65. The highest BCUT2D eigenvalue weighted by Crippen LogP contribution is 2.53. The number of hydrogen-bond donors (Lipinski definition) is 0.